The lowest BCUT2D eigenvalue weighted by molar-refractivity contribution is 0.296. The van der Waals surface area contributed by atoms with Crippen molar-refractivity contribution in [2.24, 2.45) is 10.9 Å². The first-order valence-electron chi connectivity index (χ1n) is 9.06. The Balaban J connectivity index is 0.00000261. The van der Waals surface area contributed by atoms with E-state index in [1.807, 2.05) is 42.5 Å². The van der Waals surface area contributed by atoms with Crippen LogP contribution in [-0.2, 0) is 13.1 Å². The van der Waals surface area contributed by atoms with Crippen molar-refractivity contribution in [3.05, 3.63) is 59.7 Å². The van der Waals surface area contributed by atoms with Crippen LogP contribution in [0.3, 0.4) is 0 Å². The van der Waals surface area contributed by atoms with Crippen molar-refractivity contribution in [3.63, 3.8) is 0 Å². The summed E-state index contributed by atoms with van der Waals surface area (Å²) >= 11 is 0. The maximum Gasteiger partial charge on any atom is 0.191 e. The molecule has 0 spiro atoms. The van der Waals surface area contributed by atoms with Crippen molar-refractivity contribution in [2.75, 3.05) is 20.8 Å². The van der Waals surface area contributed by atoms with Gasteiger partial charge in [-0.3, -0.25) is 4.99 Å². The average molecular weight is 481 g/mol. The summed E-state index contributed by atoms with van der Waals surface area (Å²) in [6.45, 7) is 2.19. The smallest absolute Gasteiger partial charge is 0.191 e. The normalized spacial score (nSPS) is 13.5. The summed E-state index contributed by atoms with van der Waals surface area (Å²) in [5, 5.41) is 6.69. The van der Waals surface area contributed by atoms with Gasteiger partial charge in [-0.15, -0.1) is 24.0 Å². The van der Waals surface area contributed by atoms with Gasteiger partial charge < -0.3 is 20.1 Å². The van der Waals surface area contributed by atoms with Crippen LogP contribution >= 0.6 is 24.0 Å². The molecule has 6 heteroatoms. The van der Waals surface area contributed by atoms with E-state index in [2.05, 4.69) is 21.7 Å². The number of nitrogens with one attached hydrogen (secondary N) is 2. The van der Waals surface area contributed by atoms with Crippen LogP contribution in [0.2, 0.25) is 0 Å². The van der Waals surface area contributed by atoms with Crippen molar-refractivity contribution in [1.82, 2.24) is 10.6 Å². The molecular weight excluding hydrogens is 453 g/mol. The molecule has 0 amide bonds. The molecule has 2 N–H and O–H groups in total. The molecule has 1 fully saturated rings. The molecule has 0 aliphatic heterocycles. The Morgan fingerprint density at radius 2 is 1.74 bits per heavy atom. The Hall–Kier alpha value is -1.96. The zero-order valence-electron chi connectivity index (χ0n) is 15.9. The second kappa shape index (κ2) is 11.0. The lowest BCUT2D eigenvalue weighted by atomic mass is 10.2. The Morgan fingerprint density at radius 1 is 1.04 bits per heavy atom. The molecule has 1 saturated carbocycles. The fourth-order valence-electron chi connectivity index (χ4n) is 2.61. The van der Waals surface area contributed by atoms with E-state index < -0.39 is 0 Å². The van der Waals surface area contributed by atoms with E-state index in [1.165, 1.54) is 18.4 Å². The van der Waals surface area contributed by atoms with E-state index in [0.29, 0.717) is 13.1 Å². The predicted octanol–water partition coefficient (Wildman–Crippen LogP) is 3.97. The van der Waals surface area contributed by atoms with Crippen LogP contribution in [0, 0.1) is 5.92 Å². The molecule has 3 rings (SSSR count). The molecule has 1 aliphatic rings. The minimum Gasteiger partial charge on any atom is -0.497 e. The molecule has 2 aromatic rings. The predicted molar refractivity (Wildman–Crippen MR) is 120 cm³/mol. The van der Waals surface area contributed by atoms with Crippen molar-refractivity contribution >= 4 is 29.9 Å². The van der Waals surface area contributed by atoms with Crippen molar-refractivity contribution in [1.29, 1.82) is 0 Å². The van der Waals surface area contributed by atoms with Crippen molar-refractivity contribution in [2.45, 2.75) is 25.9 Å². The molecule has 0 unspecified atom stereocenters. The highest BCUT2D eigenvalue weighted by Gasteiger charge is 2.22. The number of hydrogen-bond acceptors (Lipinski definition) is 3. The molecule has 0 radical (unpaired) electrons. The summed E-state index contributed by atoms with van der Waals surface area (Å²) in [5.41, 5.74) is 2.31. The minimum absolute atomic E-state index is 0. The molecule has 2 aromatic carbocycles. The van der Waals surface area contributed by atoms with E-state index >= 15 is 0 Å². The molecule has 1 aliphatic carbocycles. The van der Waals surface area contributed by atoms with Gasteiger partial charge >= 0.3 is 0 Å². The lowest BCUT2D eigenvalue weighted by Gasteiger charge is -2.15. The van der Waals surface area contributed by atoms with Gasteiger partial charge in [-0.25, -0.2) is 0 Å². The molecule has 0 saturated heterocycles. The second-order valence-electron chi connectivity index (χ2n) is 6.49. The van der Waals surface area contributed by atoms with Crippen molar-refractivity contribution in [3.8, 4) is 11.5 Å². The van der Waals surface area contributed by atoms with Crippen LogP contribution in [0.1, 0.15) is 24.0 Å². The number of benzene rings is 2. The Kier molecular flexibility index (Phi) is 8.71. The van der Waals surface area contributed by atoms with E-state index in [4.69, 9.17) is 9.47 Å². The van der Waals surface area contributed by atoms with E-state index in [9.17, 15) is 0 Å². The lowest BCUT2D eigenvalue weighted by Crippen LogP contribution is -2.36. The maximum absolute atomic E-state index is 5.97. The van der Waals surface area contributed by atoms with Gasteiger partial charge in [-0.1, -0.05) is 30.3 Å². The highest BCUT2D eigenvalue weighted by molar-refractivity contribution is 14.0. The number of para-hydroxylation sites is 1. The first-order valence-corrected chi connectivity index (χ1v) is 9.06. The zero-order chi connectivity index (χ0) is 18.2. The van der Waals surface area contributed by atoms with Gasteiger partial charge in [0.2, 0.25) is 0 Å². The third-order valence-corrected chi connectivity index (χ3v) is 4.43. The minimum atomic E-state index is 0. The molecular formula is C21H28IN3O2. The number of halogens is 1. The van der Waals surface area contributed by atoms with Gasteiger partial charge in [-0.2, -0.15) is 0 Å². The van der Waals surface area contributed by atoms with Crippen LogP contribution in [0.15, 0.2) is 53.5 Å². The fraction of sp³-hybridized carbons (Fsp3) is 0.381. The number of ether oxygens (including phenoxy) is 2. The summed E-state index contributed by atoms with van der Waals surface area (Å²) in [7, 11) is 3.45. The van der Waals surface area contributed by atoms with Gasteiger partial charge in [-0.05, 0) is 42.5 Å². The van der Waals surface area contributed by atoms with Crippen LogP contribution in [0.4, 0.5) is 0 Å². The third-order valence-electron chi connectivity index (χ3n) is 4.43. The Morgan fingerprint density at radius 3 is 2.41 bits per heavy atom. The van der Waals surface area contributed by atoms with E-state index in [0.717, 1.165) is 35.5 Å². The van der Waals surface area contributed by atoms with Gasteiger partial charge in [0.15, 0.2) is 5.96 Å². The second-order valence-corrected chi connectivity index (χ2v) is 6.49. The van der Waals surface area contributed by atoms with Gasteiger partial charge in [0, 0.05) is 25.7 Å². The summed E-state index contributed by atoms with van der Waals surface area (Å²) in [6.07, 6.45) is 2.59. The Labute approximate surface area is 178 Å². The van der Waals surface area contributed by atoms with Crippen LogP contribution in [0.25, 0.3) is 0 Å². The Bertz CT molecular complexity index is 730. The molecule has 0 aromatic heterocycles. The van der Waals surface area contributed by atoms with E-state index in [-0.39, 0.29) is 24.0 Å². The van der Waals surface area contributed by atoms with Crippen LogP contribution < -0.4 is 20.1 Å². The highest BCUT2D eigenvalue weighted by atomic mass is 127. The third kappa shape index (κ3) is 6.93. The summed E-state index contributed by atoms with van der Waals surface area (Å²) in [6, 6.07) is 16.2. The zero-order valence-corrected chi connectivity index (χ0v) is 18.2. The van der Waals surface area contributed by atoms with Gasteiger partial charge in [0.05, 0.1) is 13.7 Å². The summed E-state index contributed by atoms with van der Waals surface area (Å²) in [5.74, 6) is 3.32. The number of nitrogens with zero attached hydrogens (tertiary/aromatic N) is 1. The van der Waals surface area contributed by atoms with Crippen LogP contribution in [0.5, 0.6) is 11.5 Å². The van der Waals surface area contributed by atoms with Gasteiger partial charge in [0.1, 0.15) is 11.5 Å². The molecule has 146 valence electrons. The van der Waals surface area contributed by atoms with Gasteiger partial charge in [0.25, 0.3) is 0 Å². The number of aliphatic imine (C=N–C) groups is 1. The first kappa shape index (κ1) is 21.3. The summed E-state index contributed by atoms with van der Waals surface area (Å²) < 4.78 is 11.2. The number of guanidine groups is 1. The number of hydrogen-bond donors (Lipinski definition) is 2. The highest BCUT2D eigenvalue weighted by Crippen LogP contribution is 2.30. The molecule has 0 atom stereocenters. The molecule has 0 heterocycles. The van der Waals surface area contributed by atoms with Crippen LogP contribution in [-0.4, -0.2) is 26.7 Å². The maximum atomic E-state index is 5.97. The summed E-state index contributed by atoms with van der Waals surface area (Å²) in [4.78, 5) is 4.29. The first-order chi connectivity index (χ1) is 12.8. The monoisotopic (exact) mass is 481 g/mol. The standard InChI is InChI=1S/C21H27N3O2.HI/c1-22-21(23-13-16-9-11-19(25-2)12-10-16)24-14-18-5-3-4-6-20(18)26-15-17-7-8-17;/h3-6,9-12,17H,7-8,13-15H2,1-2H3,(H2,22,23,24);1H. The van der Waals surface area contributed by atoms with Crippen molar-refractivity contribution < 1.29 is 9.47 Å². The number of methoxy groups -OCH3 is 1. The average Bonchev–Trinajstić information content (AvgIpc) is 3.52. The van der Waals surface area contributed by atoms with E-state index in [1.54, 1.807) is 14.2 Å². The topological polar surface area (TPSA) is 54.9 Å². The quantitative estimate of drug-likeness (QED) is 0.341. The SMILES string of the molecule is CN=C(NCc1ccc(OC)cc1)NCc1ccccc1OCC1CC1.I. The molecule has 5 nitrogen and oxygen atoms in total. The fourth-order valence-corrected chi connectivity index (χ4v) is 2.61. The largest absolute Gasteiger partial charge is 0.497 e. The number of rotatable bonds is 8. The molecule has 0 bridgehead atoms. The molecule has 27 heavy (non-hydrogen) atoms.